The number of hydrogen-bond donors (Lipinski definition) is 1. The SMILES string of the molecule is CCNCC1CCCN(C)C1c1ncc(Cl)s1. The van der Waals surface area contributed by atoms with E-state index in [1.165, 1.54) is 17.8 Å². The first-order valence-corrected chi connectivity index (χ1v) is 7.44. The van der Waals surface area contributed by atoms with Gasteiger partial charge in [-0.15, -0.1) is 11.3 Å². The highest BCUT2D eigenvalue weighted by Gasteiger charge is 2.32. The van der Waals surface area contributed by atoms with Gasteiger partial charge in [-0.1, -0.05) is 18.5 Å². The largest absolute Gasteiger partial charge is 0.317 e. The Morgan fingerprint density at radius 2 is 2.47 bits per heavy atom. The Morgan fingerprint density at radius 1 is 1.65 bits per heavy atom. The quantitative estimate of drug-likeness (QED) is 0.914. The molecule has 5 heteroatoms. The maximum Gasteiger partial charge on any atom is 0.113 e. The molecule has 1 fully saturated rings. The Morgan fingerprint density at radius 3 is 3.12 bits per heavy atom. The van der Waals surface area contributed by atoms with Crippen molar-refractivity contribution in [2.75, 3.05) is 26.7 Å². The number of hydrogen-bond acceptors (Lipinski definition) is 4. The van der Waals surface area contributed by atoms with E-state index in [4.69, 9.17) is 11.6 Å². The number of nitrogens with zero attached hydrogens (tertiary/aromatic N) is 2. The second-order valence-corrected chi connectivity index (χ2v) is 6.33. The van der Waals surface area contributed by atoms with Gasteiger partial charge in [-0.05, 0) is 45.4 Å². The van der Waals surface area contributed by atoms with Crippen molar-refractivity contribution in [3.05, 3.63) is 15.5 Å². The van der Waals surface area contributed by atoms with E-state index in [0.717, 1.165) is 24.0 Å². The van der Waals surface area contributed by atoms with Crippen molar-refractivity contribution in [2.24, 2.45) is 5.92 Å². The maximum atomic E-state index is 6.00. The summed E-state index contributed by atoms with van der Waals surface area (Å²) in [6, 6.07) is 0.431. The van der Waals surface area contributed by atoms with Gasteiger partial charge in [-0.2, -0.15) is 0 Å². The van der Waals surface area contributed by atoms with E-state index in [0.29, 0.717) is 12.0 Å². The summed E-state index contributed by atoms with van der Waals surface area (Å²) < 4.78 is 0.793. The predicted octanol–water partition coefficient (Wildman–Crippen LogP) is 2.79. The molecule has 1 aliphatic heterocycles. The lowest BCUT2D eigenvalue weighted by Crippen LogP contribution is -2.40. The standard InChI is InChI=1S/C12H20ClN3S/c1-3-14-7-9-5-4-6-16(2)11(9)12-15-8-10(13)17-12/h8-9,11,14H,3-7H2,1-2H3. The minimum Gasteiger partial charge on any atom is -0.317 e. The topological polar surface area (TPSA) is 28.2 Å². The van der Waals surface area contributed by atoms with Gasteiger partial charge in [-0.3, -0.25) is 4.90 Å². The van der Waals surface area contributed by atoms with Crippen molar-refractivity contribution in [3.63, 3.8) is 0 Å². The monoisotopic (exact) mass is 273 g/mol. The molecule has 96 valence electrons. The van der Waals surface area contributed by atoms with E-state index in [2.05, 4.69) is 29.2 Å². The molecule has 17 heavy (non-hydrogen) atoms. The van der Waals surface area contributed by atoms with Gasteiger partial charge in [0.1, 0.15) is 9.34 Å². The van der Waals surface area contributed by atoms with E-state index in [-0.39, 0.29) is 0 Å². The van der Waals surface area contributed by atoms with Gasteiger partial charge in [0.15, 0.2) is 0 Å². The Kier molecular flexibility index (Phi) is 4.79. The third-order valence-electron chi connectivity index (χ3n) is 3.41. The lowest BCUT2D eigenvalue weighted by molar-refractivity contribution is 0.119. The molecule has 0 amide bonds. The molecule has 1 N–H and O–H groups in total. The van der Waals surface area contributed by atoms with Gasteiger partial charge in [0, 0.05) is 0 Å². The summed E-state index contributed by atoms with van der Waals surface area (Å²) in [7, 11) is 2.19. The van der Waals surface area contributed by atoms with E-state index in [1.54, 1.807) is 17.5 Å². The molecule has 2 heterocycles. The fourth-order valence-electron chi connectivity index (χ4n) is 2.60. The van der Waals surface area contributed by atoms with E-state index < -0.39 is 0 Å². The molecule has 1 aliphatic rings. The van der Waals surface area contributed by atoms with Crippen LogP contribution in [0.25, 0.3) is 0 Å². The molecule has 0 bridgehead atoms. The molecule has 0 spiro atoms. The van der Waals surface area contributed by atoms with Crippen LogP contribution in [-0.2, 0) is 0 Å². The normalized spacial score (nSPS) is 26.3. The number of piperidine rings is 1. The van der Waals surface area contributed by atoms with Crippen molar-refractivity contribution in [1.82, 2.24) is 15.2 Å². The van der Waals surface area contributed by atoms with E-state index in [9.17, 15) is 0 Å². The van der Waals surface area contributed by atoms with Crippen LogP contribution in [0.2, 0.25) is 4.34 Å². The Hall–Kier alpha value is -0.160. The smallest absolute Gasteiger partial charge is 0.113 e. The lowest BCUT2D eigenvalue weighted by Gasteiger charge is -2.38. The molecular weight excluding hydrogens is 254 g/mol. The van der Waals surface area contributed by atoms with Crippen molar-refractivity contribution >= 4 is 22.9 Å². The molecular formula is C12H20ClN3S. The van der Waals surface area contributed by atoms with Crippen LogP contribution in [-0.4, -0.2) is 36.6 Å². The van der Waals surface area contributed by atoms with Crippen LogP contribution in [0.3, 0.4) is 0 Å². The fourth-order valence-corrected chi connectivity index (χ4v) is 3.79. The van der Waals surface area contributed by atoms with Crippen molar-refractivity contribution in [1.29, 1.82) is 0 Å². The Balaban J connectivity index is 2.12. The molecule has 2 unspecified atom stereocenters. The van der Waals surface area contributed by atoms with Gasteiger partial charge >= 0.3 is 0 Å². The summed E-state index contributed by atoms with van der Waals surface area (Å²) in [6.45, 7) is 5.42. The van der Waals surface area contributed by atoms with Crippen LogP contribution in [0.1, 0.15) is 30.8 Å². The highest BCUT2D eigenvalue weighted by atomic mass is 35.5. The average Bonchev–Trinajstić information content (AvgIpc) is 2.73. The third kappa shape index (κ3) is 3.19. The van der Waals surface area contributed by atoms with Crippen LogP contribution < -0.4 is 5.32 Å². The fraction of sp³-hybridized carbons (Fsp3) is 0.750. The molecule has 0 aliphatic carbocycles. The summed E-state index contributed by atoms with van der Waals surface area (Å²) in [5.74, 6) is 0.649. The molecule has 2 rings (SSSR count). The van der Waals surface area contributed by atoms with Gasteiger partial charge in [0.2, 0.25) is 0 Å². The number of nitrogens with one attached hydrogen (secondary N) is 1. The second-order valence-electron chi connectivity index (χ2n) is 4.64. The highest BCUT2D eigenvalue weighted by Crippen LogP contribution is 2.37. The van der Waals surface area contributed by atoms with Crippen molar-refractivity contribution in [3.8, 4) is 0 Å². The number of aromatic nitrogens is 1. The second kappa shape index (κ2) is 6.14. The maximum absolute atomic E-state index is 6.00. The minimum absolute atomic E-state index is 0.431. The molecule has 1 aromatic heterocycles. The first-order chi connectivity index (χ1) is 8.22. The van der Waals surface area contributed by atoms with E-state index in [1.807, 2.05) is 0 Å². The molecule has 0 radical (unpaired) electrons. The number of halogens is 1. The zero-order valence-corrected chi connectivity index (χ0v) is 12.0. The van der Waals surface area contributed by atoms with Crippen LogP contribution in [0.15, 0.2) is 6.20 Å². The molecule has 2 atom stereocenters. The average molecular weight is 274 g/mol. The van der Waals surface area contributed by atoms with Gasteiger partial charge in [-0.25, -0.2) is 4.98 Å². The first-order valence-electron chi connectivity index (χ1n) is 6.24. The first kappa shape index (κ1) is 13.3. The molecule has 1 saturated heterocycles. The van der Waals surface area contributed by atoms with Crippen LogP contribution in [0.5, 0.6) is 0 Å². The van der Waals surface area contributed by atoms with Crippen LogP contribution in [0, 0.1) is 5.92 Å². The van der Waals surface area contributed by atoms with Crippen LogP contribution >= 0.6 is 22.9 Å². The van der Waals surface area contributed by atoms with Crippen LogP contribution in [0.4, 0.5) is 0 Å². The zero-order valence-electron chi connectivity index (χ0n) is 10.4. The lowest BCUT2D eigenvalue weighted by atomic mass is 9.89. The molecule has 1 aromatic rings. The number of thiazole rings is 1. The van der Waals surface area contributed by atoms with Gasteiger partial charge in [0.25, 0.3) is 0 Å². The predicted molar refractivity (Wildman–Crippen MR) is 73.8 cm³/mol. The van der Waals surface area contributed by atoms with Crippen molar-refractivity contribution < 1.29 is 0 Å². The third-order valence-corrected chi connectivity index (χ3v) is 4.60. The molecule has 3 nitrogen and oxygen atoms in total. The van der Waals surface area contributed by atoms with E-state index >= 15 is 0 Å². The minimum atomic E-state index is 0.431. The Bertz CT molecular complexity index is 355. The van der Waals surface area contributed by atoms with Gasteiger partial charge in [0.05, 0.1) is 12.2 Å². The summed E-state index contributed by atoms with van der Waals surface area (Å²) in [5.41, 5.74) is 0. The summed E-state index contributed by atoms with van der Waals surface area (Å²) in [6.07, 6.45) is 4.33. The number of rotatable bonds is 4. The summed E-state index contributed by atoms with van der Waals surface area (Å²) in [4.78, 5) is 6.88. The van der Waals surface area contributed by atoms with Gasteiger partial charge < -0.3 is 5.32 Å². The Labute approximate surface area is 112 Å². The number of likely N-dealkylation sites (tertiary alicyclic amines) is 1. The summed E-state index contributed by atoms with van der Waals surface area (Å²) in [5, 5.41) is 4.63. The zero-order chi connectivity index (χ0) is 12.3. The molecule has 0 aromatic carbocycles. The highest BCUT2D eigenvalue weighted by molar-refractivity contribution is 7.15. The molecule has 0 saturated carbocycles. The summed E-state index contributed by atoms with van der Waals surface area (Å²) >= 11 is 7.62. The van der Waals surface area contributed by atoms with Crippen molar-refractivity contribution in [2.45, 2.75) is 25.8 Å².